The standard InChI is InChI=1S/C21H25N3O4S/c1-28-15-19-5-3-10-24(19)29(26,27)20-7-6-16-8-11-23(14-18(16)12-20)21(25)17-4-2-9-22-13-17/h2,4,6-7,9,12-13,19H,3,5,8,10-11,14-15H2,1H3/t19-/m0/s1. The molecule has 1 aromatic heterocycles. The Labute approximate surface area is 171 Å². The molecule has 2 aliphatic heterocycles. The van der Waals surface area contributed by atoms with Gasteiger partial charge in [-0.2, -0.15) is 4.31 Å². The smallest absolute Gasteiger partial charge is 0.255 e. The number of carbonyl (C=O) groups excluding carboxylic acids is 1. The van der Waals surface area contributed by atoms with Crippen LogP contribution in [0.15, 0.2) is 47.6 Å². The molecule has 1 fully saturated rings. The third-order valence-electron chi connectivity index (χ3n) is 5.67. The highest BCUT2D eigenvalue weighted by molar-refractivity contribution is 7.89. The van der Waals surface area contributed by atoms with E-state index in [0.717, 1.165) is 24.0 Å². The second kappa shape index (κ2) is 8.22. The first kappa shape index (κ1) is 20.0. The number of amides is 1. The lowest BCUT2D eigenvalue weighted by Gasteiger charge is -2.30. The normalized spacial score (nSPS) is 19.9. The highest BCUT2D eigenvalue weighted by Gasteiger charge is 2.35. The topological polar surface area (TPSA) is 79.8 Å². The van der Waals surface area contributed by atoms with E-state index >= 15 is 0 Å². The van der Waals surface area contributed by atoms with Crippen LogP contribution in [-0.4, -0.2) is 61.4 Å². The average Bonchev–Trinajstić information content (AvgIpc) is 3.22. The molecule has 154 valence electrons. The highest BCUT2D eigenvalue weighted by atomic mass is 32.2. The molecule has 29 heavy (non-hydrogen) atoms. The Hall–Kier alpha value is -2.29. The molecule has 0 bridgehead atoms. The summed E-state index contributed by atoms with van der Waals surface area (Å²) in [5.74, 6) is -0.0864. The number of sulfonamides is 1. The molecular weight excluding hydrogens is 390 g/mol. The Kier molecular flexibility index (Phi) is 5.67. The van der Waals surface area contributed by atoms with Gasteiger partial charge in [0.25, 0.3) is 5.91 Å². The molecule has 0 aliphatic carbocycles. The summed E-state index contributed by atoms with van der Waals surface area (Å²) in [6.45, 7) is 1.92. The fourth-order valence-electron chi connectivity index (χ4n) is 4.16. The number of methoxy groups -OCH3 is 1. The Morgan fingerprint density at radius 1 is 1.24 bits per heavy atom. The third kappa shape index (κ3) is 3.92. The van der Waals surface area contributed by atoms with Crippen molar-refractivity contribution < 1.29 is 17.9 Å². The summed E-state index contributed by atoms with van der Waals surface area (Å²) in [6, 6.07) is 8.67. The van der Waals surface area contributed by atoms with Crippen LogP contribution in [0.4, 0.5) is 0 Å². The first-order valence-electron chi connectivity index (χ1n) is 9.82. The number of aromatic nitrogens is 1. The van der Waals surface area contributed by atoms with Gasteiger partial charge in [-0.3, -0.25) is 9.78 Å². The Morgan fingerprint density at radius 3 is 2.86 bits per heavy atom. The van der Waals surface area contributed by atoms with Gasteiger partial charge >= 0.3 is 0 Å². The number of rotatable bonds is 5. The monoisotopic (exact) mass is 415 g/mol. The van der Waals surface area contributed by atoms with E-state index < -0.39 is 10.0 Å². The molecule has 2 aromatic rings. The number of pyridine rings is 1. The highest BCUT2D eigenvalue weighted by Crippen LogP contribution is 2.29. The molecule has 0 N–H and O–H groups in total. The van der Waals surface area contributed by atoms with Gasteiger partial charge in [0, 0.05) is 45.2 Å². The van der Waals surface area contributed by atoms with Crippen LogP contribution < -0.4 is 0 Å². The van der Waals surface area contributed by atoms with Crippen molar-refractivity contribution in [3.8, 4) is 0 Å². The fraction of sp³-hybridized carbons (Fsp3) is 0.429. The zero-order valence-corrected chi connectivity index (χ0v) is 17.3. The van der Waals surface area contributed by atoms with Crippen LogP contribution in [0.2, 0.25) is 0 Å². The van der Waals surface area contributed by atoms with Crippen LogP contribution in [0.25, 0.3) is 0 Å². The maximum atomic E-state index is 13.2. The molecule has 1 aromatic carbocycles. The van der Waals surface area contributed by atoms with Crippen molar-refractivity contribution in [2.45, 2.75) is 36.7 Å². The average molecular weight is 416 g/mol. The van der Waals surface area contributed by atoms with Gasteiger partial charge in [-0.05, 0) is 54.7 Å². The predicted molar refractivity (Wildman–Crippen MR) is 108 cm³/mol. The summed E-state index contributed by atoms with van der Waals surface area (Å²) in [5, 5.41) is 0. The number of carbonyl (C=O) groups is 1. The molecule has 8 heteroatoms. The summed E-state index contributed by atoms with van der Waals surface area (Å²) >= 11 is 0. The Bertz CT molecular complexity index is 994. The van der Waals surface area contributed by atoms with Crippen molar-refractivity contribution in [1.82, 2.24) is 14.2 Å². The van der Waals surface area contributed by atoms with Crippen LogP contribution >= 0.6 is 0 Å². The van der Waals surface area contributed by atoms with Gasteiger partial charge in [0.1, 0.15) is 0 Å². The van der Waals surface area contributed by atoms with Gasteiger partial charge in [0.2, 0.25) is 10.0 Å². The van der Waals surface area contributed by atoms with Gasteiger partial charge in [0.05, 0.1) is 17.1 Å². The van der Waals surface area contributed by atoms with Crippen LogP contribution in [0.3, 0.4) is 0 Å². The number of hydrogen-bond acceptors (Lipinski definition) is 5. The zero-order valence-electron chi connectivity index (χ0n) is 16.5. The largest absolute Gasteiger partial charge is 0.383 e. The maximum absolute atomic E-state index is 13.2. The number of fused-ring (bicyclic) bond motifs is 1. The molecule has 1 amide bonds. The zero-order chi connectivity index (χ0) is 20.4. The van der Waals surface area contributed by atoms with Crippen molar-refractivity contribution in [2.24, 2.45) is 0 Å². The number of hydrogen-bond donors (Lipinski definition) is 0. The van der Waals surface area contributed by atoms with Crippen molar-refractivity contribution in [3.05, 3.63) is 59.4 Å². The fourth-order valence-corrected chi connectivity index (χ4v) is 5.89. The molecule has 0 radical (unpaired) electrons. The van der Waals surface area contributed by atoms with E-state index in [4.69, 9.17) is 4.74 Å². The quantitative estimate of drug-likeness (QED) is 0.747. The number of benzene rings is 1. The second-order valence-electron chi connectivity index (χ2n) is 7.52. The molecular formula is C21H25N3O4S. The molecule has 0 saturated carbocycles. The number of nitrogens with zero attached hydrogens (tertiary/aromatic N) is 3. The van der Waals surface area contributed by atoms with E-state index in [1.54, 1.807) is 53.0 Å². The van der Waals surface area contributed by atoms with Crippen LogP contribution in [0, 0.1) is 0 Å². The predicted octanol–water partition coefficient (Wildman–Crippen LogP) is 2.08. The maximum Gasteiger partial charge on any atom is 0.255 e. The SMILES string of the molecule is COC[C@@H]1CCCN1S(=O)(=O)c1ccc2c(c1)CN(C(=O)c1cccnc1)CC2. The summed E-state index contributed by atoms with van der Waals surface area (Å²) < 4.78 is 33.2. The summed E-state index contributed by atoms with van der Waals surface area (Å²) in [4.78, 5) is 18.8. The van der Waals surface area contributed by atoms with E-state index in [1.807, 2.05) is 6.07 Å². The van der Waals surface area contributed by atoms with Crippen molar-refractivity contribution >= 4 is 15.9 Å². The molecule has 0 spiro atoms. The third-order valence-corrected chi connectivity index (χ3v) is 7.62. The molecule has 1 atom stereocenters. The van der Waals surface area contributed by atoms with Crippen LogP contribution in [-0.2, 0) is 27.7 Å². The van der Waals surface area contributed by atoms with Crippen molar-refractivity contribution in [3.63, 3.8) is 0 Å². The molecule has 2 aliphatic rings. The molecule has 1 saturated heterocycles. The molecule has 7 nitrogen and oxygen atoms in total. The van der Waals surface area contributed by atoms with Gasteiger partial charge in [0.15, 0.2) is 0 Å². The van der Waals surface area contributed by atoms with Crippen LogP contribution in [0.1, 0.15) is 34.3 Å². The summed E-state index contributed by atoms with van der Waals surface area (Å²) in [5.41, 5.74) is 2.52. The van der Waals surface area contributed by atoms with Gasteiger partial charge in [-0.25, -0.2) is 8.42 Å². The lowest BCUT2D eigenvalue weighted by molar-refractivity contribution is 0.0734. The van der Waals surface area contributed by atoms with Crippen molar-refractivity contribution in [1.29, 1.82) is 0 Å². The molecule has 3 heterocycles. The molecule has 4 rings (SSSR count). The van der Waals surface area contributed by atoms with E-state index in [-0.39, 0.29) is 16.8 Å². The first-order chi connectivity index (χ1) is 14.0. The minimum absolute atomic E-state index is 0.0864. The number of ether oxygens (including phenoxy) is 1. The van der Waals surface area contributed by atoms with Gasteiger partial charge in [-0.1, -0.05) is 6.07 Å². The summed E-state index contributed by atoms with van der Waals surface area (Å²) in [7, 11) is -2.00. The Morgan fingerprint density at radius 2 is 2.10 bits per heavy atom. The minimum Gasteiger partial charge on any atom is -0.383 e. The van der Waals surface area contributed by atoms with E-state index in [0.29, 0.717) is 38.2 Å². The summed E-state index contributed by atoms with van der Waals surface area (Å²) in [6.07, 6.45) is 5.55. The van der Waals surface area contributed by atoms with E-state index in [2.05, 4.69) is 4.98 Å². The molecule has 0 unspecified atom stereocenters. The van der Waals surface area contributed by atoms with Crippen LogP contribution in [0.5, 0.6) is 0 Å². The lowest BCUT2D eigenvalue weighted by Crippen LogP contribution is -2.38. The second-order valence-corrected chi connectivity index (χ2v) is 9.41. The van der Waals surface area contributed by atoms with Crippen molar-refractivity contribution in [2.75, 3.05) is 26.8 Å². The minimum atomic E-state index is -3.59. The van der Waals surface area contributed by atoms with Gasteiger partial charge in [-0.15, -0.1) is 0 Å². The Balaban J connectivity index is 1.58. The van der Waals surface area contributed by atoms with E-state index in [9.17, 15) is 13.2 Å². The first-order valence-corrected chi connectivity index (χ1v) is 11.3. The van der Waals surface area contributed by atoms with E-state index in [1.165, 1.54) is 0 Å². The van der Waals surface area contributed by atoms with Gasteiger partial charge < -0.3 is 9.64 Å². The lowest BCUT2D eigenvalue weighted by atomic mass is 9.99.